The van der Waals surface area contributed by atoms with Gasteiger partial charge >= 0.3 is 12.4 Å². The minimum absolute atomic E-state index is 0.0484. The fourth-order valence-corrected chi connectivity index (χ4v) is 3.17. The van der Waals surface area contributed by atoms with Crippen LogP contribution in [-0.2, 0) is 12.4 Å². The van der Waals surface area contributed by atoms with Gasteiger partial charge in [-0.25, -0.2) is 19.9 Å². The minimum Gasteiger partial charge on any atom is -0.345 e. The van der Waals surface area contributed by atoms with Gasteiger partial charge < -0.3 is 10.2 Å². The van der Waals surface area contributed by atoms with Crippen molar-refractivity contribution in [3.05, 3.63) is 65.7 Å². The monoisotopic (exact) mass is 507 g/mol. The van der Waals surface area contributed by atoms with Crippen molar-refractivity contribution in [2.75, 3.05) is 19.4 Å². The zero-order valence-corrected chi connectivity index (χ0v) is 18.5. The Bertz CT molecular complexity index is 1440. The number of fused-ring (bicyclic) bond motifs is 1. The van der Waals surface area contributed by atoms with Gasteiger partial charge in [0.15, 0.2) is 5.65 Å². The highest BCUT2D eigenvalue weighted by Gasteiger charge is 2.36. The Morgan fingerprint density at radius 3 is 2.25 bits per heavy atom. The molecule has 0 spiro atoms. The first-order chi connectivity index (χ1) is 16.8. The lowest BCUT2D eigenvalue weighted by atomic mass is 10.1. The number of anilines is 2. The molecule has 0 unspecified atom stereocenters. The van der Waals surface area contributed by atoms with Gasteiger partial charge in [0.1, 0.15) is 22.7 Å². The van der Waals surface area contributed by atoms with Crippen molar-refractivity contribution in [1.82, 2.24) is 29.8 Å². The summed E-state index contributed by atoms with van der Waals surface area (Å²) in [6.45, 7) is 0. The number of nitrogens with one attached hydrogen (secondary N) is 1. The van der Waals surface area contributed by atoms with Crippen LogP contribution in [0.25, 0.3) is 22.6 Å². The van der Waals surface area contributed by atoms with E-state index in [0.29, 0.717) is 12.3 Å². The lowest BCUT2D eigenvalue weighted by molar-refractivity contribution is -0.138. The van der Waals surface area contributed by atoms with Gasteiger partial charge in [0.05, 0.1) is 28.6 Å². The molecule has 0 saturated heterocycles. The molecule has 36 heavy (non-hydrogen) atoms. The second-order valence-electron chi connectivity index (χ2n) is 7.66. The third-order valence-corrected chi connectivity index (χ3v) is 4.89. The van der Waals surface area contributed by atoms with E-state index in [1.165, 1.54) is 26.4 Å². The van der Waals surface area contributed by atoms with Crippen LogP contribution in [0.2, 0.25) is 0 Å². The molecule has 0 saturated carbocycles. The van der Waals surface area contributed by atoms with Crippen molar-refractivity contribution < 1.29 is 31.1 Å². The molecule has 0 atom stereocenters. The predicted octanol–water partition coefficient (Wildman–Crippen LogP) is 4.96. The average Bonchev–Trinajstić information content (AvgIpc) is 2.82. The summed E-state index contributed by atoms with van der Waals surface area (Å²) in [5, 5.41) is 2.79. The Kier molecular flexibility index (Phi) is 6.20. The minimum atomic E-state index is -4.84. The van der Waals surface area contributed by atoms with Gasteiger partial charge in [0.25, 0.3) is 5.91 Å². The SMILES string of the molecule is CN(C)C(=O)c1cnc(-c2cnc3c(Nc4ccc(C(F)(F)F)cn4)ccnc3n2)c(C(F)(F)F)c1. The van der Waals surface area contributed by atoms with Crippen LogP contribution in [0, 0.1) is 0 Å². The van der Waals surface area contributed by atoms with Crippen molar-refractivity contribution in [3.8, 4) is 11.4 Å². The topological polar surface area (TPSA) is 96.8 Å². The van der Waals surface area contributed by atoms with E-state index in [0.717, 1.165) is 29.4 Å². The van der Waals surface area contributed by atoms with Crippen molar-refractivity contribution >= 4 is 28.6 Å². The number of rotatable bonds is 4. The van der Waals surface area contributed by atoms with Gasteiger partial charge in [0.2, 0.25) is 0 Å². The first-order valence-corrected chi connectivity index (χ1v) is 10.1. The standard InChI is InChI=1S/C22H15F6N7O/c1-35(2)20(36)11-7-13(22(26,27)28)17(31-8-11)15-10-32-18-14(5-6-29-19(18)34-15)33-16-4-3-12(9-30-16)21(23,24)25/h3-10H,1-2H3,(H,29,30,33,34). The van der Waals surface area contributed by atoms with Crippen LogP contribution in [0.1, 0.15) is 21.5 Å². The molecular formula is C22H15F6N7O. The summed E-state index contributed by atoms with van der Waals surface area (Å²) in [5.74, 6) is -0.582. The molecule has 4 heterocycles. The summed E-state index contributed by atoms with van der Waals surface area (Å²) in [6.07, 6.45) is -5.36. The molecule has 186 valence electrons. The number of carbonyl (C=O) groups excluding carboxylic acids is 1. The predicted molar refractivity (Wildman–Crippen MR) is 116 cm³/mol. The van der Waals surface area contributed by atoms with E-state index < -0.39 is 35.1 Å². The lowest BCUT2D eigenvalue weighted by Crippen LogP contribution is -2.23. The van der Waals surface area contributed by atoms with E-state index in [1.807, 2.05) is 0 Å². The highest BCUT2D eigenvalue weighted by Crippen LogP contribution is 2.36. The van der Waals surface area contributed by atoms with Gasteiger partial charge in [-0.15, -0.1) is 0 Å². The molecule has 0 radical (unpaired) electrons. The smallest absolute Gasteiger partial charge is 0.345 e. The third-order valence-electron chi connectivity index (χ3n) is 4.89. The van der Waals surface area contributed by atoms with Crippen LogP contribution < -0.4 is 5.32 Å². The normalized spacial score (nSPS) is 12.0. The molecule has 14 heteroatoms. The van der Waals surface area contributed by atoms with E-state index in [-0.39, 0.29) is 33.9 Å². The number of amides is 1. The van der Waals surface area contributed by atoms with E-state index in [4.69, 9.17) is 0 Å². The molecule has 4 aromatic rings. The molecule has 1 N–H and O–H groups in total. The van der Waals surface area contributed by atoms with Gasteiger partial charge in [0, 0.05) is 32.7 Å². The Morgan fingerprint density at radius 1 is 0.889 bits per heavy atom. The number of pyridine rings is 3. The van der Waals surface area contributed by atoms with E-state index >= 15 is 0 Å². The third kappa shape index (κ3) is 5.01. The van der Waals surface area contributed by atoms with Gasteiger partial charge in [-0.3, -0.25) is 9.78 Å². The average molecular weight is 507 g/mol. The van der Waals surface area contributed by atoms with Crippen LogP contribution in [0.15, 0.2) is 49.1 Å². The number of halogens is 6. The maximum absolute atomic E-state index is 13.8. The number of aromatic nitrogens is 5. The van der Waals surface area contributed by atoms with Crippen LogP contribution in [0.4, 0.5) is 37.8 Å². The Hall–Kier alpha value is -4.36. The zero-order valence-electron chi connectivity index (χ0n) is 18.5. The Morgan fingerprint density at radius 2 is 1.64 bits per heavy atom. The van der Waals surface area contributed by atoms with E-state index in [1.54, 1.807) is 0 Å². The number of hydrogen-bond donors (Lipinski definition) is 1. The van der Waals surface area contributed by atoms with Crippen molar-refractivity contribution in [2.45, 2.75) is 12.4 Å². The van der Waals surface area contributed by atoms with E-state index in [9.17, 15) is 31.1 Å². The van der Waals surface area contributed by atoms with Crippen LogP contribution >= 0.6 is 0 Å². The molecular weight excluding hydrogens is 492 g/mol. The molecule has 0 aliphatic carbocycles. The molecule has 4 rings (SSSR count). The molecule has 0 fully saturated rings. The van der Waals surface area contributed by atoms with Crippen molar-refractivity contribution in [2.24, 2.45) is 0 Å². The quantitative estimate of drug-likeness (QED) is 0.390. The molecule has 4 aromatic heterocycles. The summed E-state index contributed by atoms with van der Waals surface area (Å²) in [5.41, 5.74) is -2.78. The second-order valence-corrected chi connectivity index (χ2v) is 7.66. The summed E-state index contributed by atoms with van der Waals surface area (Å²) in [7, 11) is 2.80. The Labute approximate surface area is 199 Å². The molecule has 1 amide bonds. The first kappa shape index (κ1) is 24.8. The summed E-state index contributed by atoms with van der Waals surface area (Å²) >= 11 is 0. The maximum Gasteiger partial charge on any atom is 0.418 e. The summed E-state index contributed by atoms with van der Waals surface area (Å²) < 4.78 is 79.6. The fraction of sp³-hybridized carbons (Fsp3) is 0.182. The van der Waals surface area contributed by atoms with Crippen LogP contribution in [0.5, 0.6) is 0 Å². The van der Waals surface area contributed by atoms with Crippen molar-refractivity contribution in [3.63, 3.8) is 0 Å². The van der Waals surface area contributed by atoms with E-state index in [2.05, 4.69) is 30.2 Å². The van der Waals surface area contributed by atoms with Gasteiger partial charge in [-0.1, -0.05) is 0 Å². The van der Waals surface area contributed by atoms with Crippen LogP contribution in [0.3, 0.4) is 0 Å². The molecule has 8 nitrogen and oxygen atoms in total. The highest BCUT2D eigenvalue weighted by atomic mass is 19.4. The molecule has 0 aliphatic heterocycles. The number of nitrogens with zero attached hydrogens (tertiary/aromatic N) is 6. The lowest BCUT2D eigenvalue weighted by Gasteiger charge is -2.15. The van der Waals surface area contributed by atoms with Crippen molar-refractivity contribution in [1.29, 1.82) is 0 Å². The summed E-state index contributed by atoms with van der Waals surface area (Å²) in [4.78, 5) is 33.1. The molecule has 0 aliphatic rings. The number of alkyl halides is 6. The van der Waals surface area contributed by atoms with Gasteiger partial charge in [-0.05, 0) is 24.3 Å². The second kappa shape index (κ2) is 9.02. The summed E-state index contributed by atoms with van der Waals surface area (Å²) in [6, 6.07) is 4.11. The highest BCUT2D eigenvalue weighted by molar-refractivity contribution is 5.94. The fourth-order valence-electron chi connectivity index (χ4n) is 3.17. The Balaban J connectivity index is 1.72. The van der Waals surface area contributed by atoms with Gasteiger partial charge in [-0.2, -0.15) is 26.3 Å². The number of carbonyl (C=O) groups is 1. The number of hydrogen-bond acceptors (Lipinski definition) is 7. The maximum atomic E-state index is 13.8. The zero-order chi connectivity index (χ0) is 26.3. The molecule has 0 bridgehead atoms. The molecule has 0 aromatic carbocycles. The first-order valence-electron chi connectivity index (χ1n) is 10.1. The van der Waals surface area contributed by atoms with Crippen LogP contribution in [-0.4, -0.2) is 49.8 Å². The largest absolute Gasteiger partial charge is 0.418 e.